The molecule has 21 heavy (non-hydrogen) atoms. The lowest BCUT2D eigenvalue weighted by Gasteiger charge is -2.20. The molecule has 0 spiro atoms. The molecule has 1 aliphatic rings. The average Bonchev–Trinajstić information content (AvgIpc) is 2.47. The highest BCUT2D eigenvalue weighted by Gasteiger charge is 2.19. The number of nitrogens with zero attached hydrogens (tertiary/aromatic N) is 2. The van der Waals surface area contributed by atoms with Crippen LogP contribution in [0.5, 0.6) is 0 Å². The van der Waals surface area contributed by atoms with Crippen LogP contribution >= 0.6 is 15.9 Å². The Labute approximate surface area is 130 Å². The molecular formula is C15H15BrFN3O. The number of nitrogens with one attached hydrogen (secondary N) is 1. The van der Waals surface area contributed by atoms with Crippen LogP contribution in [0.1, 0.15) is 18.2 Å². The number of benzene rings is 1. The Morgan fingerprint density at radius 2 is 2.24 bits per heavy atom. The summed E-state index contributed by atoms with van der Waals surface area (Å²) in [5.74, 6) is 1.11. The van der Waals surface area contributed by atoms with Gasteiger partial charge in [0.05, 0.1) is 18.9 Å². The van der Waals surface area contributed by atoms with Crippen molar-refractivity contribution < 1.29 is 9.13 Å². The molecule has 4 nitrogen and oxygen atoms in total. The van der Waals surface area contributed by atoms with Crippen LogP contribution in [-0.4, -0.2) is 23.1 Å². The fourth-order valence-electron chi connectivity index (χ4n) is 2.34. The second-order valence-corrected chi connectivity index (χ2v) is 5.63. The fourth-order valence-corrected chi connectivity index (χ4v) is 2.87. The Hall–Kier alpha value is -1.53. The number of rotatable bonds is 3. The standard InChI is InChI=1S/C15H15BrFN3O/c1-2-18-14-11-8-21-6-5-13(11)19-15(20-14)10-4-3-9(17)7-12(10)16/h3-4,7H,2,5-6,8H2,1H3,(H,18,19,20). The summed E-state index contributed by atoms with van der Waals surface area (Å²) in [5.41, 5.74) is 2.80. The Kier molecular flexibility index (Phi) is 4.17. The summed E-state index contributed by atoms with van der Waals surface area (Å²) in [6.45, 7) is 3.99. The summed E-state index contributed by atoms with van der Waals surface area (Å²) in [6.07, 6.45) is 0.766. The molecule has 1 N–H and O–H groups in total. The Balaban J connectivity index is 2.12. The molecule has 1 aromatic carbocycles. The highest BCUT2D eigenvalue weighted by Crippen LogP contribution is 2.30. The highest BCUT2D eigenvalue weighted by molar-refractivity contribution is 9.10. The third kappa shape index (κ3) is 2.91. The van der Waals surface area contributed by atoms with E-state index in [1.54, 1.807) is 6.07 Å². The number of halogens is 2. The van der Waals surface area contributed by atoms with Crippen molar-refractivity contribution in [3.63, 3.8) is 0 Å². The van der Waals surface area contributed by atoms with Gasteiger partial charge in [0, 0.05) is 28.6 Å². The number of hydrogen-bond donors (Lipinski definition) is 1. The average molecular weight is 352 g/mol. The van der Waals surface area contributed by atoms with Crippen LogP contribution in [0, 0.1) is 5.82 Å². The Morgan fingerprint density at radius 3 is 3.00 bits per heavy atom. The molecule has 6 heteroatoms. The molecule has 0 amide bonds. The van der Waals surface area contributed by atoms with Crippen molar-refractivity contribution >= 4 is 21.7 Å². The molecular weight excluding hydrogens is 337 g/mol. The van der Waals surface area contributed by atoms with Gasteiger partial charge in [-0.3, -0.25) is 0 Å². The topological polar surface area (TPSA) is 47.0 Å². The molecule has 0 saturated carbocycles. The van der Waals surface area contributed by atoms with Crippen molar-refractivity contribution in [1.29, 1.82) is 0 Å². The number of aromatic nitrogens is 2. The van der Waals surface area contributed by atoms with Crippen LogP contribution in [-0.2, 0) is 17.8 Å². The summed E-state index contributed by atoms with van der Waals surface area (Å²) >= 11 is 3.38. The molecule has 0 saturated heterocycles. The predicted octanol–water partition coefficient (Wildman–Crippen LogP) is 3.55. The van der Waals surface area contributed by atoms with Gasteiger partial charge in [-0.1, -0.05) is 0 Å². The first-order valence-corrected chi connectivity index (χ1v) is 7.65. The van der Waals surface area contributed by atoms with E-state index in [9.17, 15) is 4.39 Å². The molecule has 0 unspecified atom stereocenters. The summed E-state index contributed by atoms with van der Waals surface area (Å²) in [7, 11) is 0. The van der Waals surface area contributed by atoms with Crippen LogP contribution in [0.3, 0.4) is 0 Å². The van der Waals surface area contributed by atoms with Crippen molar-refractivity contribution in [2.45, 2.75) is 20.0 Å². The van der Waals surface area contributed by atoms with Gasteiger partial charge >= 0.3 is 0 Å². The van der Waals surface area contributed by atoms with Crippen LogP contribution < -0.4 is 5.32 Å². The number of fused-ring (bicyclic) bond motifs is 1. The minimum Gasteiger partial charge on any atom is -0.376 e. The Bertz CT molecular complexity index is 678. The molecule has 1 aliphatic heterocycles. The van der Waals surface area contributed by atoms with Crippen molar-refractivity contribution in [1.82, 2.24) is 9.97 Å². The first-order valence-electron chi connectivity index (χ1n) is 6.86. The van der Waals surface area contributed by atoms with E-state index < -0.39 is 0 Å². The van der Waals surface area contributed by atoms with E-state index in [1.807, 2.05) is 6.92 Å². The van der Waals surface area contributed by atoms with Crippen LogP contribution in [0.15, 0.2) is 22.7 Å². The van der Waals surface area contributed by atoms with E-state index in [1.165, 1.54) is 12.1 Å². The third-order valence-corrected chi connectivity index (χ3v) is 3.99. The second-order valence-electron chi connectivity index (χ2n) is 4.78. The molecule has 2 heterocycles. The fraction of sp³-hybridized carbons (Fsp3) is 0.333. The SMILES string of the molecule is CCNc1nc(-c2ccc(F)cc2Br)nc2c1COCC2. The van der Waals surface area contributed by atoms with E-state index >= 15 is 0 Å². The summed E-state index contributed by atoms with van der Waals surface area (Å²) < 4.78 is 19.4. The lowest BCUT2D eigenvalue weighted by atomic mass is 10.1. The minimum absolute atomic E-state index is 0.288. The molecule has 0 aliphatic carbocycles. The maximum absolute atomic E-state index is 13.2. The van der Waals surface area contributed by atoms with Crippen molar-refractivity contribution in [3.8, 4) is 11.4 Å². The quantitative estimate of drug-likeness (QED) is 0.918. The predicted molar refractivity (Wildman–Crippen MR) is 82.6 cm³/mol. The number of hydrogen-bond acceptors (Lipinski definition) is 4. The van der Waals surface area contributed by atoms with Gasteiger partial charge in [0.15, 0.2) is 5.82 Å². The minimum atomic E-state index is -0.288. The second kappa shape index (κ2) is 6.07. The molecule has 2 aromatic rings. The smallest absolute Gasteiger partial charge is 0.162 e. The largest absolute Gasteiger partial charge is 0.376 e. The molecule has 0 fully saturated rings. The Morgan fingerprint density at radius 1 is 1.38 bits per heavy atom. The lowest BCUT2D eigenvalue weighted by Crippen LogP contribution is -2.17. The normalized spacial score (nSPS) is 13.9. The molecule has 0 atom stereocenters. The van der Waals surface area contributed by atoms with E-state index in [-0.39, 0.29) is 5.82 Å². The lowest BCUT2D eigenvalue weighted by molar-refractivity contribution is 0.109. The third-order valence-electron chi connectivity index (χ3n) is 3.34. The zero-order valence-corrected chi connectivity index (χ0v) is 13.2. The maximum Gasteiger partial charge on any atom is 0.162 e. The van der Waals surface area contributed by atoms with Crippen molar-refractivity contribution in [3.05, 3.63) is 39.7 Å². The maximum atomic E-state index is 13.2. The molecule has 1 aromatic heterocycles. The van der Waals surface area contributed by atoms with Crippen molar-refractivity contribution in [2.75, 3.05) is 18.5 Å². The summed E-state index contributed by atoms with van der Waals surface area (Å²) in [6, 6.07) is 4.53. The number of anilines is 1. The van der Waals surface area contributed by atoms with Gasteiger partial charge in [-0.15, -0.1) is 0 Å². The highest BCUT2D eigenvalue weighted by atomic mass is 79.9. The monoisotopic (exact) mass is 351 g/mol. The van der Waals surface area contributed by atoms with Crippen LogP contribution in [0.4, 0.5) is 10.2 Å². The van der Waals surface area contributed by atoms with Gasteiger partial charge in [-0.05, 0) is 41.1 Å². The van der Waals surface area contributed by atoms with Gasteiger partial charge < -0.3 is 10.1 Å². The first-order chi connectivity index (χ1) is 10.2. The van der Waals surface area contributed by atoms with Gasteiger partial charge in [0.2, 0.25) is 0 Å². The van der Waals surface area contributed by atoms with E-state index in [0.29, 0.717) is 23.5 Å². The van der Waals surface area contributed by atoms with E-state index in [4.69, 9.17) is 4.74 Å². The van der Waals surface area contributed by atoms with Gasteiger partial charge in [0.25, 0.3) is 0 Å². The van der Waals surface area contributed by atoms with E-state index in [0.717, 1.165) is 35.6 Å². The van der Waals surface area contributed by atoms with Crippen molar-refractivity contribution in [2.24, 2.45) is 0 Å². The summed E-state index contributed by atoms with van der Waals surface area (Å²) in [5, 5.41) is 3.26. The molecule has 3 rings (SSSR count). The summed E-state index contributed by atoms with van der Waals surface area (Å²) in [4.78, 5) is 9.22. The van der Waals surface area contributed by atoms with Crippen LogP contribution in [0.25, 0.3) is 11.4 Å². The molecule has 110 valence electrons. The van der Waals surface area contributed by atoms with Gasteiger partial charge in [-0.25, -0.2) is 14.4 Å². The number of ether oxygens (including phenoxy) is 1. The molecule has 0 radical (unpaired) electrons. The first kappa shape index (κ1) is 14.4. The zero-order valence-electron chi connectivity index (χ0n) is 11.6. The van der Waals surface area contributed by atoms with E-state index in [2.05, 4.69) is 31.2 Å². The van der Waals surface area contributed by atoms with Crippen LogP contribution in [0.2, 0.25) is 0 Å². The zero-order chi connectivity index (χ0) is 14.8. The molecule has 0 bridgehead atoms. The van der Waals surface area contributed by atoms with Gasteiger partial charge in [0.1, 0.15) is 11.6 Å². The van der Waals surface area contributed by atoms with Gasteiger partial charge in [-0.2, -0.15) is 0 Å².